The first kappa shape index (κ1) is 12.3. The number of aromatic nitrogens is 2. The highest BCUT2D eigenvalue weighted by Gasteiger charge is 2.20. The first-order valence-electron chi connectivity index (χ1n) is 5.26. The Morgan fingerprint density at radius 3 is 2.16 bits per heavy atom. The fraction of sp³-hybridized carbons (Fsp3) is 0. The molecule has 0 fully saturated rings. The van der Waals surface area contributed by atoms with Crippen molar-refractivity contribution in [2.24, 2.45) is 0 Å². The van der Waals surface area contributed by atoms with Gasteiger partial charge in [0.25, 0.3) is 0 Å². The molecule has 0 unspecified atom stereocenters. The minimum atomic E-state index is -0.239. The van der Waals surface area contributed by atoms with Crippen LogP contribution < -0.4 is 0 Å². The first-order chi connectivity index (χ1) is 9.25. The zero-order valence-corrected chi connectivity index (χ0v) is 11.8. The molecule has 0 radical (unpaired) electrons. The van der Waals surface area contributed by atoms with Crippen molar-refractivity contribution < 1.29 is 9.59 Å². The Labute approximate surface area is 120 Å². The van der Waals surface area contributed by atoms with Crippen molar-refractivity contribution >= 4 is 45.8 Å². The molecule has 0 amide bonds. The Kier molecular flexibility index (Phi) is 3.33. The van der Waals surface area contributed by atoms with E-state index in [4.69, 9.17) is 0 Å². The van der Waals surface area contributed by atoms with Gasteiger partial charge < -0.3 is 0 Å². The predicted molar refractivity (Wildman–Crippen MR) is 75.4 cm³/mol. The van der Waals surface area contributed by atoms with Crippen molar-refractivity contribution in [2.75, 3.05) is 0 Å². The largest absolute Gasteiger partial charge is 0.285 e. The molecule has 0 saturated carbocycles. The topological polar surface area (TPSA) is 59.9 Å². The lowest BCUT2D eigenvalue weighted by Crippen LogP contribution is -2.03. The van der Waals surface area contributed by atoms with Crippen LogP contribution in [0.3, 0.4) is 0 Å². The van der Waals surface area contributed by atoms with Gasteiger partial charge in [0.05, 0.1) is 9.75 Å². The standard InChI is InChI=1S/C12H6N2O2S3/c15-9(7-3-1-5-17-7)11-13-12(19-14-11)10(16)8-4-2-6-18-8/h1-6H. The molecule has 3 aromatic heterocycles. The van der Waals surface area contributed by atoms with E-state index in [1.165, 1.54) is 22.7 Å². The Bertz CT molecular complexity index is 653. The molecule has 0 atom stereocenters. The molecule has 0 spiro atoms. The highest BCUT2D eigenvalue weighted by atomic mass is 32.1. The van der Waals surface area contributed by atoms with Gasteiger partial charge in [0.2, 0.25) is 17.4 Å². The van der Waals surface area contributed by atoms with E-state index < -0.39 is 0 Å². The van der Waals surface area contributed by atoms with Gasteiger partial charge in [-0.05, 0) is 34.4 Å². The summed E-state index contributed by atoms with van der Waals surface area (Å²) in [7, 11) is 0. The van der Waals surface area contributed by atoms with Gasteiger partial charge in [0.1, 0.15) is 0 Å². The van der Waals surface area contributed by atoms with Crippen molar-refractivity contribution in [3.05, 3.63) is 55.6 Å². The second-order valence-corrected chi connectivity index (χ2v) is 6.18. The number of hydrogen-bond donors (Lipinski definition) is 0. The molecule has 94 valence electrons. The van der Waals surface area contributed by atoms with Crippen LogP contribution in [0.4, 0.5) is 0 Å². The molecule has 0 aliphatic rings. The summed E-state index contributed by atoms with van der Waals surface area (Å²) in [6, 6.07) is 7.04. The molecule has 0 bridgehead atoms. The van der Waals surface area contributed by atoms with Gasteiger partial charge >= 0.3 is 0 Å². The van der Waals surface area contributed by atoms with E-state index in [1.54, 1.807) is 24.3 Å². The van der Waals surface area contributed by atoms with E-state index in [0.717, 1.165) is 11.5 Å². The molecule has 0 aliphatic heterocycles. The van der Waals surface area contributed by atoms with Crippen molar-refractivity contribution in [1.29, 1.82) is 0 Å². The maximum atomic E-state index is 12.0. The fourth-order valence-corrected chi connectivity index (χ4v) is 3.44. The molecule has 7 heteroatoms. The van der Waals surface area contributed by atoms with Gasteiger partial charge in [-0.1, -0.05) is 12.1 Å². The van der Waals surface area contributed by atoms with Crippen LogP contribution in [0.5, 0.6) is 0 Å². The van der Waals surface area contributed by atoms with Gasteiger partial charge in [-0.15, -0.1) is 22.7 Å². The highest BCUT2D eigenvalue weighted by molar-refractivity contribution is 7.14. The lowest BCUT2D eigenvalue weighted by Gasteiger charge is -1.90. The van der Waals surface area contributed by atoms with Crippen LogP contribution in [0.2, 0.25) is 0 Å². The summed E-state index contributed by atoms with van der Waals surface area (Å²) >= 11 is 3.64. The molecular formula is C12H6N2O2S3. The Balaban J connectivity index is 1.88. The third-order valence-corrected chi connectivity index (χ3v) is 4.76. The number of rotatable bonds is 4. The lowest BCUT2D eigenvalue weighted by atomic mass is 10.3. The quantitative estimate of drug-likeness (QED) is 0.695. The fourth-order valence-electron chi connectivity index (χ4n) is 1.44. The minimum Gasteiger partial charge on any atom is -0.285 e. The van der Waals surface area contributed by atoms with Crippen LogP contribution in [0.25, 0.3) is 0 Å². The summed E-state index contributed by atoms with van der Waals surface area (Å²) in [5.41, 5.74) is 0. The second-order valence-electron chi connectivity index (χ2n) is 3.54. The highest BCUT2D eigenvalue weighted by Crippen LogP contribution is 2.19. The molecule has 0 saturated heterocycles. The van der Waals surface area contributed by atoms with E-state index in [0.29, 0.717) is 9.75 Å². The van der Waals surface area contributed by atoms with E-state index in [2.05, 4.69) is 9.36 Å². The van der Waals surface area contributed by atoms with Crippen LogP contribution >= 0.6 is 34.2 Å². The Morgan fingerprint density at radius 2 is 1.58 bits per heavy atom. The Morgan fingerprint density at radius 1 is 0.947 bits per heavy atom. The predicted octanol–water partition coefficient (Wildman–Crippen LogP) is 3.12. The molecule has 3 rings (SSSR count). The molecule has 4 nitrogen and oxygen atoms in total. The van der Waals surface area contributed by atoms with E-state index >= 15 is 0 Å². The number of thiophene rings is 2. The summed E-state index contributed by atoms with van der Waals surface area (Å²) < 4.78 is 3.97. The van der Waals surface area contributed by atoms with Gasteiger partial charge in [0, 0.05) is 0 Å². The summed E-state index contributed by atoms with van der Waals surface area (Å²) in [5.74, 6) is -0.332. The van der Waals surface area contributed by atoms with Crippen LogP contribution in [-0.4, -0.2) is 20.9 Å². The van der Waals surface area contributed by atoms with Crippen molar-refractivity contribution in [2.45, 2.75) is 0 Å². The zero-order valence-electron chi connectivity index (χ0n) is 9.40. The lowest BCUT2D eigenvalue weighted by molar-refractivity contribution is 0.103. The molecule has 3 heterocycles. The maximum absolute atomic E-state index is 12.0. The van der Waals surface area contributed by atoms with Crippen LogP contribution in [0, 0.1) is 0 Å². The van der Waals surface area contributed by atoms with Gasteiger partial charge in [0.15, 0.2) is 5.01 Å². The van der Waals surface area contributed by atoms with Gasteiger partial charge in [-0.3, -0.25) is 9.59 Å². The molecule has 3 aromatic rings. The summed E-state index contributed by atoms with van der Waals surface area (Å²) in [6.07, 6.45) is 0. The maximum Gasteiger partial charge on any atom is 0.241 e. The molecule has 0 N–H and O–H groups in total. The third kappa shape index (κ3) is 2.40. The average Bonchev–Trinajstić information content (AvgIpc) is 3.16. The van der Waals surface area contributed by atoms with Crippen molar-refractivity contribution in [1.82, 2.24) is 9.36 Å². The third-order valence-electron chi connectivity index (χ3n) is 2.31. The molecule has 0 aliphatic carbocycles. The molecular weight excluding hydrogens is 300 g/mol. The van der Waals surface area contributed by atoms with Crippen LogP contribution in [0.15, 0.2) is 35.0 Å². The van der Waals surface area contributed by atoms with Gasteiger partial charge in [-0.2, -0.15) is 4.37 Å². The average molecular weight is 306 g/mol. The first-order valence-corrected chi connectivity index (χ1v) is 7.79. The van der Waals surface area contributed by atoms with E-state index in [9.17, 15) is 9.59 Å². The van der Waals surface area contributed by atoms with Gasteiger partial charge in [-0.25, -0.2) is 4.98 Å². The van der Waals surface area contributed by atoms with Crippen molar-refractivity contribution in [3.8, 4) is 0 Å². The molecule has 0 aromatic carbocycles. The number of carbonyl (C=O) groups is 2. The van der Waals surface area contributed by atoms with Crippen molar-refractivity contribution in [3.63, 3.8) is 0 Å². The smallest absolute Gasteiger partial charge is 0.241 e. The summed E-state index contributed by atoms with van der Waals surface area (Å²) in [4.78, 5) is 29.3. The second kappa shape index (κ2) is 5.12. The van der Waals surface area contributed by atoms with Crippen LogP contribution in [0.1, 0.15) is 30.2 Å². The minimum absolute atomic E-state index is 0.0901. The summed E-state index contributed by atoms with van der Waals surface area (Å²) in [6.45, 7) is 0. The summed E-state index contributed by atoms with van der Waals surface area (Å²) in [5, 5.41) is 3.89. The monoisotopic (exact) mass is 306 g/mol. The normalized spacial score (nSPS) is 10.5. The van der Waals surface area contributed by atoms with E-state index in [1.807, 2.05) is 10.8 Å². The SMILES string of the molecule is O=C(c1nsc(C(=O)c2cccs2)n1)c1cccs1. The number of ketones is 2. The van der Waals surface area contributed by atoms with E-state index in [-0.39, 0.29) is 22.4 Å². The number of hydrogen-bond acceptors (Lipinski definition) is 7. The zero-order chi connectivity index (χ0) is 13.2. The Hall–Kier alpha value is -1.70. The molecule has 19 heavy (non-hydrogen) atoms. The van der Waals surface area contributed by atoms with Crippen LogP contribution in [-0.2, 0) is 0 Å². The number of carbonyl (C=O) groups excluding carboxylic acids is 2. The number of nitrogens with zero attached hydrogens (tertiary/aromatic N) is 2.